The number of hydrogen-bond acceptors (Lipinski definition) is 5. The van der Waals surface area contributed by atoms with Crippen LogP contribution >= 0.6 is 0 Å². The minimum atomic E-state index is -0.250. The normalized spacial score (nSPS) is 21.4. The van der Waals surface area contributed by atoms with Crippen LogP contribution in [0.3, 0.4) is 0 Å². The van der Waals surface area contributed by atoms with Crippen LogP contribution in [0, 0.1) is 6.92 Å². The molecule has 0 radical (unpaired) electrons. The molecule has 150 valence electrons. The molecule has 3 aromatic carbocycles. The second-order valence-corrected chi connectivity index (χ2v) is 7.92. The van der Waals surface area contributed by atoms with Gasteiger partial charge in [0.15, 0.2) is 11.5 Å². The van der Waals surface area contributed by atoms with E-state index in [1.807, 2.05) is 18.2 Å². The molecule has 0 unspecified atom stereocenters. The highest BCUT2D eigenvalue weighted by atomic mass is 16.6. The van der Waals surface area contributed by atoms with E-state index in [0.717, 1.165) is 40.5 Å². The van der Waals surface area contributed by atoms with E-state index in [2.05, 4.69) is 60.5 Å². The zero-order valence-corrected chi connectivity index (χ0v) is 16.7. The van der Waals surface area contributed by atoms with Crippen molar-refractivity contribution in [2.75, 3.05) is 13.2 Å². The number of hydrogen-bond donors (Lipinski definition) is 0. The molecule has 0 fully saturated rings. The maximum absolute atomic E-state index is 6.42. The first-order valence-electron chi connectivity index (χ1n) is 10.3. The molecule has 5 heteroatoms. The molecule has 0 aromatic heterocycles. The molecule has 3 aromatic rings. The predicted octanol–water partition coefficient (Wildman–Crippen LogP) is 5.01. The van der Waals surface area contributed by atoms with Gasteiger partial charge in [-0.15, -0.1) is 0 Å². The van der Waals surface area contributed by atoms with E-state index in [1.54, 1.807) is 0 Å². The molecule has 0 amide bonds. The molecule has 2 atom stereocenters. The van der Waals surface area contributed by atoms with Gasteiger partial charge in [-0.3, -0.25) is 0 Å². The summed E-state index contributed by atoms with van der Waals surface area (Å²) in [6.07, 6.45) is 0.572. The monoisotopic (exact) mass is 398 g/mol. The van der Waals surface area contributed by atoms with Gasteiger partial charge >= 0.3 is 0 Å². The van der Waals surface area contributed by atoms with E-state index in [9.17, 15) is 0 Å². The topological polar surface area (TPSA) is 43.3 Å². The van der Waals surface area contributed by atoms with E-state index in [4.69, 9.17) is 19.3 Å². The number of benzene rings is 3. The smallest absolute Gasteiger partial charge is 0.213 e. The highest BCUT2D eigenvalue weighted by Crippen LogP contribution is 2.47. The summed E-state index contributed by atoms with van der Waals surface area (Å²) in [5.41, 5.74) is 5.61. The summed E-state index contributed by atoms with van der Waals surface area (Å²) in [5, 5.41) is 7.15. The van der Waals surface area contributed by atoms with Gasteiger partial charge in [-0.1, -0.05) is 48.0 Å². The van der Waals surface area contributed by atoms with Gasteiger partial charge in [0.25, 0.3) is 0 Å². The Hall–Kier alpha value is -3.47. The third kappa shape index (κ3) is 2.81. The summed E-state index contributed by atoms with van der Waals surface area (Å²) < 4.78 is 17.9. The molecule has 3 aliphatic heterocycles. The van der Waals surface area contributed by atoms with Crippen molar-refractivity contribution in [2.45, 2.75) is 25.6 Å². The predicted molar refractivity (Wildman–Crippen MR) is 114 cm³/mol. The molecule has 3 heterocycles. The lowest BCUT2D eigenvalue weighted by Gasteiger charge is -2.38. The van der Waals surface area contributed by atoms with E-state index in [0.29, 0.717) is 13.2 Å². The second kappa shape index (κ2) is 6.80. The van der Waals surface area contributed by atoms with Crippen LogP contribution in [-0.2, 0) is 0 Å². The molecule has 0 bridgehead atoms. The van der Waals surface area contributed by atoms with Crippen LogP contribution in [0.4, 0.5) is 0 Å². The Morgan fingerprint density at radius 3 is 2.53 bits per heavy atom. The van der Waals surface area contributed by atoms with Gasteiger partial charge in [0.1, 0.15) is 19.0 Å². The van der Waals surface area contributed by atoms with Crippen molar-refractivity contribution >= 4 is 5.71 Å². The van der Waals surface area contributed by atoms with Crippen LogP contribution in [0.15, 0.2) is 71.8 Å². The van der Waals surface area contributed by atoms with Gasteiger partial charge in [-0.25, -0.2) is 5.01 Å². The third-order valence-corrected chi connectivity index (χ3v) is 5.94. The lowest BCUT2D eigenvalue weighted by atomic mass is 9.95. The highest BCUT2D eigenvalue weighted by Gasteiger charge is 2.40. The van der Waals surface area contributed by atoms with Crippen LogP contribution < -0.4 is 14.2 Å². The minimum Gasteiger partial charge on any atom is -0.486 e. The summed E-state index contributed by atoms with van der Waals surface area (Å²) in [5.74, 6) is 2.52. The Balaban J connectivity index is 1.41. The van der Waals surface area contributed by atoms with Gasteiger partial charge in [0.05, 0.1) is 11.8 Å². The Bertz CT molecular complexity index is 1140. The quantitative estimate of drug-likeness (QED) is 0.609. The van der Waals surface area contributed by atoms with E-state index in [-0.39, 0.29) is 12.3 Å². The maximum Gasteiger partial charge on any atom is 0.213 e. The van der Waals surface area contributed by atoms with E-state index >= 15 is 0 Å². The first kappa shape index (κ1) is 17.4. The zero-order valence-electron chi connectivity index (χ0n) is 16.7. The molecule has 0 saturated carbocycles. The van der Waals surface area contributed by atoms with Crippen molar-refractivity contribution in [1.82, 2.24) is 5.01 Å². The molecular formula is C25H22N2O3. The van der Waals surface area contributed by atoms with Crippen LogP contribution in [0.5, 0.6) is 17.2 Å². The average molecular weight is 398 g/mol. The minimum absolute atomic E-state index is 0.143. The number of aryl methyl sites for hydroxylation is 1. The third-order valence-electron chi connectivity index (χ3n) is 5.94. The summed E-state index contributed by atoms with van der Waals surface area (Å²) in [6, 6.07) is 23.0. The SMILES string of the molecule is Cc1ccc([C@@H]2Oc3ccccc3[C@H]3CC(c4ccc5c(c4)OCCO5)=NN32)cc1. The van der Waals surface area contributed by atoms with Crippen LogP contribution in [0.2, 0.25) is 0 Å². The van der Waals surface area contributed by atoms with Gasteiger partial charge in [-0.05, 0) is 31.2 Å². The first-order valence-corrected chi connectivity index (χ1v) is 10.3. The molecule has 0 spiro atoms. The Kier molecular flexibility index (Phi) is 3.94. The van der Waals surface area contributed by atoms with Gasteiger partial charge < -0.3 is 14.2 Å². The number of para-hydroxylation sites is 1. The molecule has 0 N–H and O–H groups in total. The van der Waals surface area contributed by atoms with Crippen molar-refractivity contribution in [3.63, 3.8) is 0 Å². The Morgan fingerprint density at radius 1 is 0.867 bits per heavy atom. The standard InChI is InChI=1S/C25H22N2O3/c1-16-6-8-17(9-7-16)25-27-21(19-4-2-3-5-22(19)30-25)15-20(26-27)18-10-11-23-24(14-18)29-13-12-28-23/h2-11,14,21,25H,12-13,15H2,1H3/t21-,25+/m1/s1. The van der Waals surface area contributed by atoms with Crippen molar-refractivity contribution in [2.24, 2.45) is 5.10 Å². The lowest BCUT2D eigenvalue weighted by Crippen LogP contribution is -2.33. The van der Waals surface area contributed by atoms with Crippen molar-refractivity contribution in [3.05, 3.63) is 89.0 Å². The number of rotatable bonds is 2. The zero-order chi connectivity index (χ0) is 20.1. The molecule has 5 nitrogen and oxygen atoms in total. The fourth-order valence-electron chi connectivity index (χ4n) is 4.38. The molecule has 6 rings (SSSR count). The van der Waals surface area contributed by atoms with Gasteiger partial charge in [0.2, 0.25) is 6.23 Å². The highest BCUT2D eigenvalue weighted by molar-refractivity contribution is 6.02. The molecule has 30 heavy (non-hydrogen) atoms. The molecule has 3 aliphatic rings. The van der Waals surface area contributed by atoms with E-state index in [1.165, 1.54) is 11.1 Å². The number of nitrogens with zero attached hydrogens (tertiary/aromatic N) is 2. The summed E-state index contributed by atoms with van der Waals surface area (Å²) in [7, 11) is 0. The first-order chi connectivity index (χ1) is 14.8. The molecule has 0 saturated heterocycles. The lowest BCUT2D eigenvalue weighted by molar-refractivity contribution is -0.0190. The van der Waals surface area contributed by atoms with Gasteiger partial charge in [-0.2, -0.15) is 5.10 Å². The number of hydrazone groups is 1. The molecular weight excluding hydrogens is 376 g/mol. The Morgan fingerprint density at radius 2 is 1.67 bits per heavy atom. The number of ether oxygens (including phenoxy) is 3. The molecule has 0 aliphatic carbocycles. The fraction of sp³-hybridized carbons (Fsp3) is 0.240. The van der Waals surface area contributed by atoms with Gasteiger partial charge in [0, 0.05) is 23.1 Å². The van der Waals surface area contributed by atoms with Crippen molar-refractivity contribution in [1.29, 1.82) is 0 Å². The largest absolute Gasteiger partial charge is 0.486 e. The summed E-state index contributed by atoms with van der Waals surface area (Å²) >= 11 is 0. The summed E-state index contributed by atoms with van der Waals surface area (Å²) in [4.78, 5) is 0. The van der Waals surface area contributed by atoms with Crippen LogP contribution in [0.25, 0.3) is 0 Å². The average Bonchev–Trinajstić information content (AvgIpc) is 3.25. The van der Waals surface area contributed by atoms with Crippen molar-refractivity contribution < 1.29 is 14.2 Å². The second-order valence-electron chi connectivity index (χ2n) is 7.92. The van der Waals surface area contributed by atoms with Crippen molar-refractivity contribution in [3.8, 4) is 17.2 Å². The van der Waals surface area contributed by atoms with Crippen LogP contribution in [-0.4, -0.2) is 23.9 Å². The fourth-order valence-corrected chi connectivity index (χ4v) is 4.38. The summed E-state index contributed by atoms with van der Waals surface area (Å²) in [6.45, 7) is 3.27. The van der Waals surface area contributed by atoms with Crippen LogP contribution in [0.1, 0.15) is 40.9 Å². The number of fused-ring (bicyclic) bond motifs is 4. The maximum atomic E-state index is 6.42. The Labute approximate surface area is 175 Å². The van der Waals surface area contributed by atoms with E-state index < -0.39 is 0 Å².